The molecule has 10 nitrogen and oxygen atoms in total. The van der Waals surface area contributed by atoms with E-state index >= 15 is 0 Å². The number of hydrogen-bond acceptors (Lipinski definition) is 7. The second-order valence-corrected chi connectivity index (χ2v) is 5.16. The molecule has 1 atom stereocenters. The Balaban J connectivity index is 2.16. The van der Waals surface area contributed by atoms with E-state index in [0.29, 0.717) is 0 Å². The average molecular weight is 324 g/mol. The number of anilines is 1. The minimum Gasteiger partial charge on any atom is -0.456 e. The van der Waals surface area contributed by atoms with Gasteiger partial charge in [0.2, 0.25) is 11.7 Å². The van der Waals surface area contributed by atoms with Crippen molar-refractivity contribution in [3.63, 3.8) is 0 Å². The first-order valence-electron chi connectivity index (χ1n) is 6.78. The van der Waals surface area contributed by atoms with Crippen LogP contribution in [-0.2, 0) is 28.4 Å². The fourth-order valence-corrected chi connectivity index (χ4v) is 2.22. The summed E-state index contributed by atoms with van der Waals surface area (Å²) >= 11 is 0. The summed E-state index contributed by atoms with van der Waals surface area (Å²) in [4.78, 5) is 58.5. The maximum Gasteiger partial charge on any atom is 0.332 e. The first-order valence-corrected chi connectivity index (χ1v) is 6.78. The Hall–Kier alpha value is -2.91. The standard InChI is InChI=1S/C13H16N4O6/c1-16-10(14)9(11(20)17(2)13(16)22)7(18)5-23-12(21)6-3-4-8(19)15-6/h6H,3-5,14H2,1-2H3,(H,15,19). The molecular weight excluding hydrogens is 308 g/mol. The van der Waals surface area contributed by atoms with E-state index in [9.17, 15) is 24.0 Å². The highest BCUT2D eigenvalue weighted by molar-refractivity contribution is 6.01. The van der Waals surface area contributed by atoms with E-state index in [-0.39, 0.29) is 24.6 Å². The van der Waals surface area contributed by atoms with Gasteiger partial charge in [0.1, 0.15) is 17.4 Å². The van der Waals surface area contributed by atoms with Crippen LogP contribution in [0.1, 0.15) is 23.2 Å². The van der Waals surface area contributed by atoms with Gasteiger partial charge in [0, 0.05) is 20.5 Å². The number of amides is 1. The lowest BCUT2D eigenvalue weighted by Gasteiger charge is -2.12. The quantitative estimate of drug-likeness (QED) is 0.467. The highest BCUT2D eigenvalue weighted by Gasteiger charge is 2.29. The third-order valence-electron chi connectivity index (χ3n) is 3.61. The zero-order valence-electron chi connectivity index (χ0n) is 12.6. The van der Waals surface area contributed by atoms with Crippen LogP contribution >= 0.6 is 0 Å². The van der Waals surface area contributed by atoms with E-state index in [1.54, 1.807) is 0 Å². The molecule has 2 rings (SSSR count). The maximum absolute atomic E-state index is 12.1. The van der Waals surface area contributed by atoms with Gasteiger partial charge in [-0.05, 0) is 6.42 Å². The van der Waals surface area contributed by atoms with Gasteiger partial charge in [-0.3, -0.25) is 23.5 Å². The number of esters is 1. The molecule has 0 bridgehead atoms. The summed E-state index contributed by atoms with van der Waals surface area (Å²) in [6, 6.07) is -0.796. The minimum atomic E-state index is -0.860. The second kappa shape index (κ2) is 6.07. The Morgan fingerprint density at radius 1 is 1.26 bits per heavy atom. The van der Waals surface area contributed by atoms with Crippen molar-refractivity contribution in [3.05, 3.63) is 26.4 Å². The number of nitrogen functional groups attached to an aromatic ring is 1. The minimum absolute atomic E-state index is 0.210. The number of nitrogens with zero attached hydrogens (tertiary/aromatic N) is 2. The van der Waals surface area contributed by atoms with Crippen LogP contribution in [0.4, 0.5) is 5.82 Å². The van der Waals surface area contributed by atoms with Crippen LogP contribution in [0.15, 0.2) is 9.59 Å². The Bertz CT molecular complexity index is 806. The van der Waals surface area contributed by atoms with Crippen molar-refractivity contribution in [2.75, 3.05) is 12.3 Å². The van der Waals surface area contributed by atoms with E-state index in [0.717, 1.165) is 9.13 Å². The Labute approximate surface area is 129 Å². The van der Waals surface area contributed by atoms with Crippen LogP contribution in [0, 0.1) is 0 Å². The average Bonchev–Trinajstić information content (AvgIpc) is 2.95. The topological polar surface area (TPSA) is 142 Å². The van der Waals surface area contributed by atoms with Gasteiger partial charge in [-0.1, -0.05) is 0 Å². The molecule has 10 heteroatoms. The van der Waals surface area contributed by atoms with Crippen LogP contribution in [-0.4, -0.2) is 39.4 Å². The van der Waals surface area contributed by atoms with Gasteiger partial charge in [0.25, 0.3) is 5.56 Å². The lowest BCUT2D eigenvalue weighted by atomic mass is 10.2. The van der Waals surface area contributed by atoms with Crippen molar-refractivity contribution in [2.24, 2.45) is 14.1 Å². The van der Waals surface area contributed by atoms with E-state index < -0.39 is 41.2 Å². The summed E-state index contributed by atoms with van der Waals surface area (Å²) in [5.41, 5.74) is 3.68. The van der Waals surface area contributed by atoms with Gasteiger partial charge in [-0.25, -0.2) is 9.59 Å². The Morgan fingerprint density at radius 2 is 1.91 bits per heavy atom. The molecular formula is C13H16N4O6. The molecule has 1 unspecified atom stereocenters. The third-order valence-corrected chi connectivity index (χ3v) is 3.61. The first-order chi connectivity index (χ1) is 10.7. The molecule has 1 fully saturated rings. The van der Waals surface area contributed by atoms with Gasteiger partial charge in [0.05, 0.1) is 0 Å². The molecule has 0 spiro atoms. The number of Topliss-reactive ketones (excluding diaryl/α,β-unsaturated/α-hetero) is 1. The van der Waals surface area contributed by atoms with Crippen LogP contribution in [0.3, 0.4) is 0 Å². The van der Waals surface area contributed by atoms with Gasteiger partial charge in [-0.15, -0.1) is 0 Å². The van der Waals surface area contributed by atoms with Crippen LogP contribution in [0.25, 0.3) is 0 Å². The Kier molecular flexibility index (Phi) is 4.34. The van der Waals surface area contributed by atoms with Crippen LogP contribution in [0.2, 0.25) is 0 Å². The zero-order chi connectivity index (χ0) is 17.3. The van der Waals surface area contributed by atoms with E-state index in [1.807, 2.05) is 0 Å². The summed E-state index contributed by atoms with van der Waals surface area (Å²) in [6.07, 6.45) is 0.498. The predicted octanol–water partition coefficient (Wildman–Crippen LogP) is -2.33. The second-order valence-electron chi connectivity index (χ2n) is 5.16. The fourth-order valence-electron chi connectivity index (χ4n) is 2.22. The third kappa shape index (κ3) is 3.00. The van der Waals surface area contributed by atoms with Crippen molar-refractivity contribution < 1.29 is 19.1 Å². The molecule has 0 aromatic carbocycles. The lowest BCUT2D eigenvalue weighted by Crippen LogP contribution is -2.42. The molecule has 1 aliphatic rings. The molecule has 0 radical (unpaired) electrons. The van der Waals surface area contributed by atoms with E-state index in [2.05, 4.69) is 5.32 Å². The molecule has 1 saturated heterocycles. The van der Waals surface area contributed by atoms with Crippen LogP contribution in [0.5, 0.6) is 0 Å². The maximum atomic E-state index is 12.1. The summed E-state index contributed by atoms with van der Waals surface area (Å²) in [5, 5.41) is 2.40. The Morgan fingerprint density at radius 3 is 2.48 bits per heavy atom. The number of hydrogen-bond donors (Lipinski definition) is 2. The van der Waals surface area contributed by atoms with Crippen LogP contribution < -0.4 is 22.3 Å². The normalized spacial score (nSPS) is 17.0. The lowest BCUT2D eigenvalue weighted by molar-refractivity contribution is -0.145. The van der Waals surface area contributed by atoms with Gasteiger partial charge in [0.15, 0.2) is 6.61 Å². The monoisotopic (exact) mass is 324 g/mol. The molecule has 0 aliphatic carbocycles. The van der Waals surface area contributed by atoms with Crippen molar-refractivity contribution in [1.29, 1.82) is 0 Å². The van der Waals surface area contributed by atoms with E-state index in [4.69, 9.17) is 10.5 Å². The van der Waals surface area contributed by atoms with E-state index in [1.165, 1.54) is 14.1 Å². The van der Waals surface area contributed by atoms with Crippen molar-refractivity contribution in [3.8, 4) is 0 Å². The summed E-state index contributed by atoms with van der Waals surface area (Å²) in [6.45, 7) is -0.706. The highest BCUT2D eigenvalue weighted by atomic mass is 16.5. The molecule has 1 aromatic rings. The van der Waals surface area contributed by atoms with Gasteiger partial charge >= 0.3 is 11.7 Å². The summed E-state index contributed by atoms with van der Waals surface area (Å²) in [7, 11) is 2.52. The molecule has 3 N–H and O–H groups in total. The van der Waals surface area contributed by atoms with Crippen molar-refractivity contribution >= 4 is 23.5 Å². The number of ketones is 1. The zero-order valence-corrected chi connectivity index (χ0v) is 12.6. The highest BCUT2D eigenvalue weighted by Crippen LogP contribution is 2.09. The molecule has 124 valence electrons. The largest absolute Gasteiger partial charge is 0.456 e. The first kappa shape index (κ1) is 16.5. The van der Waals surface area contributed by atoms with Crippen molar-refractivity contribution in [2.45, 2.75) is 18.9 Å². The molecule has 1 aromatic heterocycles. The molecule has 0 saturated carbocycles. The SMILES string of the molecule is Cn1c(N)c(C(=O)COC(=O)C2CCC(=O)N2)c(=O)n(C)c1=O. The predicted molar refractivity (Wildman–Crippen MR) is 77.8 cm³/mol. The van der Waals surface area contributed by atoms with Crippen molar-refractivity contribution in [1.82, 2.24) is 14.5 Å². The molecule has 23 heavy (non-hydrogen) atoms. The number of rotatable bonds is 4. The number of carbonyl (C=O) groups excluding carboxylic acids is 3. The number of aromatic nitrogens is 2. The molecule has 1 amide bonds. The fraction of sp³-hybridized carbons (Fsp3) is 0.462. The van der Waals surface area contributed by atoms with Gasteiger partial charge in [-0.2, -0.15) is 0 Å². The smallest absolute Gasteiger partial charge is 0.332 e. The summed E-state index contributed by atoms with van der Waals surface area (Å²) in [5.74, 6) is -2.15. The summed E-state index contributed by atoms with van der Waals surface area (Å²) < 4.78 is 6.51. The molecule has 2 heterocycles. The number of ether oxygens (including phenoxy) is 1. The van der Waals surface area contributed by atoms with Gasteiger partial charge < -0.3 is 15.8 Å². The number of carbonyl (C=O) groups is 3. The number of nitrogens with two attached hydrogens (primary N) is 1. The molecule has 1 aliphatic heterocycles. The number of nitrogens with one attached hydrogen (secondary N) is 1.